The zero-order valence-electron chi connectivity index (χ0n) is 10.2. The lowest BCUT2D eigenvalue weighted by molar-refractivity contribution is 0.494. The summed E-state index contributed by atoms with van der Waals surface area (Å²) in [5, 5.41) is 3.57. The van der Waals surface area contributed by atoms with Crippen molar-refractivity contribution in [3.8, 4) is 0 Å². The zero-order valence-corrected chi connectivity index (χ0v) is 10.2. The molecule has 0 aliphatic carbocycles. The second kappa shape index (κ2) is 6.62. The molecule has 0 fully saturated rings. The van der Waals surface area contributed by atoms with Crippen LogP contribution in [-0.4, -0.2) is 6.04 Å². The maximum absolute atomic E-state index is 3.57. The van der Waals surface area contributed by atoms with Crippen molar-refractivity contribution in [3.05, 3.63) is 35.4 Å². The number of rotatable bonds is 6. The van der Waals surface area contributed by atoms with E-state index in [1.54, 1.807) is 0 Å². The monoisotopic (exact) mass is 205 g/mol. The molecular weight excluding hydrogens is 182 g/mol. The van der Waals surface area contributed by atoms with Crippen LogP contribution in [0.5, 0.6) is 0 Å². The van der Waals surface area contributed by atoms with Gasteiger partial charge in [-0.15, -0.1) is 0 Å². The molecule has 0 heterocycles. The van der Waals surface area contributed by atoms with E-state index < -0.39 is 0 Å². The highest BCUT2D eigenvalue weighted by atomic mass is 14.9. The van der Waals surface area contributed by atoms with Crippen LogP contribution in [-0.2, 0) is 6.54 Å². The maximum atomic E-state index is 3.57. The standard InChI is InChI=1S/C14H23N/c1-4-5-9-13(3)15-11-14-10-7-6-8-12(14)2/h6-8,10,13,15H,4-5,9,11H2,1-3H3. The lowest BCUT2D eigenvalue weighted by Gasteiger charge is -2.14. The van der Waals surface area contributed by atoms with Crippen LogP contribution in [0.15, 0.2) is 24.3 Å². The molecule has 1 rings (SSSR count). The van der Waals surface area contributed by atoms with E-state index in [4.69, 9.17) is 0 Å². The summed E-state index contributed by atoms with van der Waals surface area (Å²) in [6.07, 6.45) is 3.89. The van der Waals surface area contributed by atoms with E-state index in [2.05, 4.69) is 50.4 Å². The van der Waals surface area contributed by atoms with Crippen LogP contribution in [0.2, 0.25) is 0 Å². The quantitative estimate of drug-likeness (QED) is 0.747. The molecule has 0 saturated heterocycles. The van der Waals surface area contributed by atoms with Crippen LogP contribution in [0, 0.1) is 6.92 Å². The third kappa shape index (κ3) is 4.48. The van der Waals surface area contributed by atoms with E-state index in [0.29, 0.717) is 6.04 Å². The van der Waals surface area contributed by atoms with Crippen LogP contribution in [0.3, 0.4) is 0 Å². The number of unbranched alkanes of at least 4 members (excludes halogenated alkanes) is 1. The van der Waals surface area contributed by atoms with Crippen LogP contribution in [0.1, 0.15) is 44.2 Å². The summed E-state index contributed by atoms with van der Waals surface area (Å²) < 4.78 is 0. The number of hydrogen-bond donors (Lipinski definition) is 1. The van der Waals surface area contributed by atoms with Gasteiger partial charge in [0.15, 0.2) is 0 Å². The van der Waals surface area contributed by atoms with Gasteiger partial charge < -0.3 is 5.32 Å². The zero-order chi connectivity index (χ0) is 11.1. The molecule has 0 aliphatic heterocycles. The molecule has 1 atom stereocenters. The molecule has 15 heavy (non-hydrogen) atoms. The van der Waals surface area contributed by atoms with Gasteiger partial charge >= 0.3 is 0 Å². The molecule has 0 aliphatic rings. The van der Waals surface area contributed by atoms with E-state index in [1.807, 2.05) is 0 Å². The SMILES string of the molecule is CCCCC(C)NCc1ccccc1C. The van der Waals surface area contributed by atoms with Gasteiger partial charge in [0.25, 0.3) is 0 Å². The number of nitrogens with one attached hydrogen (secondary N) is 1. The van der Waals surface area contributed by atoms with Crippen LogP contribution < -0.4 is 5.32 Å². The first kappa shape index (κ1) is 12.3. The lowest BCUT2D eigenvalue weighted by atomic mass is 10.1. The first-order valence-corrected chi connectivity index (χ1v) is 6.02. The van der Waals surface area contributed by atoms with Gasteiger partial charge in [0.1, 0.15) is 0 Å². The predicted molar refractivity (Wildman–Crippen MR) is 67.0 cm³/mol. The highest BCUT2D eigenvalue weighted by Crippen LogP contribution is 2.07. The molecule has 1 nitrogen and oxygen atoms in total. The van der Waals surface area contributed by atoms with E-state index in [9.17, 15) is 0 Å². The fraction of sp³-hybridized carbons (Fsp3) is 0.571. The van der Waals surface area contributed by atoms with E-state index in [0.717, 1.165) is 6.54 Å². The van der Waals surface area contributed by atoms with Crippen molar-refractivity contribution in [2.24, 2.45) is 0 Å². The first-order valence-electron chi connectivity index (χ1n) is 6.02. The summed E-state index contributed by atoms with van der Waals surface area (Å²) in [5.74, 6) is 0. The molecule has 0 radical (unpaired) electrons. The van der Waals surface area contributed by atoms with E-state index >= 15 is 0 Å². The van der Waals surface area contributed by atoms with Gasteiger partial charge in [-0.05, 0) is 31.4 Å². The molecule has 1 heteroatoms. The van der Waals surface area contributed by atoms with Gasteiger partial charge in [-0.2, -0.15) is 0 Å². The van der Waals surface area contributed by atoms with Crippen LogP contribution in [0.4, 0.5) is 0 Å². The minimum Gasteiger partial charge on any atom is -0.310 e. The minimum absolute atomic E-state index is 0.629. The highest BCUT2D eigenvalue weighted by molar-refractivity contribution is 5.25. The van der Waals surface area contributed by atoms with Crippen molar-refractivity contribution in [2.75, 3.05) is 0 Å². The summed E-state index contributed by atoms with van der Waals surface area (Å²) in [6.45, 7) is 7.69. The van der Waals surface area contributed by atoms with Crippen LogP contribution in [0.25, 0.3) is 0 Å². The normalized spacial score (nSPS) is 12.7. The third-order valence-electron chi connectivity index (χ3n) is 2.89. The Morgan fingerprint density at radius 2 is 2.00 bits per heavy atom. The Kier molecular flexibility index (Phi) is 5.41. The third-order valence-corrected chi connectivity index (χ3v) is 2.89. The van der Waals surface area contributed by atoms with Crippen molar-refractivity contribution in [1.82, 2.24) is 5.32 Å². The van der Waals surface area contributed by atoms with Crippen molar-refractivity contribution < 1.29 is 0 Å². The largest absolute Gasteiger partial charge is 0.310 e. The first-order chi connectivity index (χ1) is 7.24. The smallest absolute Gasteiger partial charge is 0.0210 e. The number of benzene rings is 1. The van der Waals surface area contributed by atoms with Crippen molar-refractivity contribution in [1.29, 1.82) is 0 Å². The predicted octanol–water partition coefficient (Wildman–Crippen LogP) is 3.66. The molecule has 0 saturated carbocycles. The summed E-state index contributed by atoms with van der Waals surface area (Å²) in [4.78, 5) is 0. The van der Waals surface area contributed by atoms with Gasteiger partial charge in [-0.25, -0.2) is 0 Å². The minimum atomic E-state index is 0.629. The Labute approximate surface area is 93.9 Å². The summed E-state index contributed by atoms with van der Waals surface area (Å²) >= 11 is 0. The fourth-order valence-electron chi connectivity index (χ4n) is 1.70. The molecule has 1 aromatic rings. The number of aryl methyl sites for hydroxylation is 1. The van der Waals surface area contributed by atoms with Crippen molar-refractivity contribution in [3.63, 3.8) is 0 Å². The molecule has 1 aromatic carbocycles. The van der Waals surface area contributed by atoms with Gasteiger partial charge in [-0.1, -0.05) is 44.0 Å². The van der Waals surface area contributed by atoms with Crippen molar-refractivity contribution in [2.45, 2.75) is 52.6 Å². The van der Waals surface area contributed by atoms with Gasteiger partial charge in [0.2, 0.25) is 0 Å². The molecule has 0 bridgehead atoms. The second-order valence-electron chi connectivity index (χ2n) is 4.35. The topological polar surface area (TPSA) is 12.0 Å². The molecule has 84 valence electrons. The summed E-state index contributed by atoms with van der Waals surface area (Å²) in [7, 11) is 0. The Hall–Kier alpha value is -0.820. The van der Waals surface area contributed by atoms with Gasteiger partial charge in [-0.3, -0.25) is 0 Å². The lowest BCUT2D eigenvalue weighted by Crippen LogP contribution is -2.25. The Morgan fingerprint density at radius 1 is 1.27 bits per heavy atom. The molecule has 1 unspecified atom stereocenters. The fourth-order valence-corrected chi connectivity index (χ4v) is 1.70. The maximum Gasteiger partial charge on any atom is 0.0210 e. The van der Waals surface area contributed by atoms with Crippen LogP contribution >= 0.6 is 0 Å². The average Bonchev–Trinajstić information content (AvgIpc) is 2.25. The summed E-state index contributed by atoms with van der Waals surface area (Å²) in [5.41, 5.74) is 2.80. The van der Waals surface area contributed by atoms with Gasteiger partial charge in [0, 0.05) is 12.6 Å². The highest BCUT2D eigenvalue weighted by Gasteiger charge is 2.01. The Bertz CT molecular complexity index is 280. The van der Waals surface area contributed by atoms with Crippen molar-refractivity contribution >= 4 is 0 Å². The van der Waals surface area contributed by atoms with E-state index in [-0.39, 0.29) is 0 Å². The summed E-state index contributed by atoms with van der Waals surface area (Å²) in [6, 6.07) is 9.22. The van der Waals surface area contributed by atoms with Gasteiger partial charge in [0.05, 0.1) is 0 Å². The Morgan fingerprint density at radius 3 is 2.67 bits per heavy atom. The molecule has 1 N–H and O–H groups in total. The van der Waals surface area contributed by atoms with E-state index in [1.165, 1.54) is 30.4 Å². The average molecular weight is 205 g/mol. The number of hydrogen-bond acceptors (Lipinski definition) is 1. The second-order valence-corrected chi connectivity index (χ2v) is 4.35. The molecule has 0 aromatic heterocycles. The molecular formula is C14H23N. The molecule has 0 spiro atoms. The molecule has 0 amide bonds. The Balaban J connectivity index is 2.33.